The number of aliphatic hydroxyl groups excluding tert-OH is 1. The van der Waals surface area contributed by atoms with E-state index in [2.05, 4.69) is 5.10 Å². The van der Waals surface area contributed by atoms with Crippen molar-refractivity contribution in [3.8, 4) is 0 Å². The molecule has 1 N–H and O–H groups in total. The van der Waals surface area contributed by atoms with Crippen LogP contribution in [-0.4, -0.2) is 39.4 Å². The number of carbonyl (C=O) groups is 2. The average molecular weight is 380 g/mol. The molecule has 0 amide bonds. The van der Waals surface area contributed by atoms with Crippen LogP contribution < -0.4 is 5.56 Å². The van der Waals surface area contributed by atoms with Gasteiger partial charge in [0.05, 0.1) is 18.5 Å². The Kier molecular flexibility index (Phi) is 5.65. The molecule has 0 saturated heterocycles. The minimum atomic E-state index is -1.02. The van der Waals surface area contributed by atoms with Gasteiger partial charge in [-0.3, -0.25) is 9.59 Å². The van der Waals surface area contributed by atoms with Crippen molar-refractivity contribution in [3.05, 3.63) is 75.7 Å². The molecule has 0 spiro atoms. The number of hydrogen-bond donors (Lipinski definition) is 1. The van der Waals surface area contributed by atoms with E-state index in [0.717, 1.165) is 10.2 Å². The first-order valence-corrected chi connectivity index (χ1v) is 8.85. The second-order valence-corrected chi connectivity index (χ2v) is 6.42. The summed E-state index contributed by atoms with van der Waals surface area (Å²) in [5, 5.41) is 13.8. The largest absolute Gasteiger partial charge is 0.449 e. The monoisotopic (exact) mass is 380 g/mol. The third-order valence-electron chi connectivity index (χ3n) is 4.36. The van der Waals surface area contributed by atoms with Crippen molar-refractivity contribution in [2.24, 2.45) is 0 Å². The third kappa shape index (κ3) is 3.84. The summed E-state index contributed by atoms with van der Waals surface area (Å²) in [7, 11) is 0. The van der Waals surface area contributed by atoms with E-state index in [9.17, 15) is 14.4 Å². The van der Waals surface area contributed by atoms with Crippen LogP contribution in [0.25, 0.3) is 10.8 Å². The first-order valence-electron chi connectivity index (χ1n) is 8.85. The quantitative estimate of drug-likeness (QED) is 0.520. The summed E-state index contributed by atoms with van der Waals surface area (Å²) in [6.07, 6.45) is -1.02. The lowest BCUT2D eigenvalue weighted by Crippen LogP contribution is -2.30. The summed E-state index contributed by atoms with van der Waals surface area (Å²) in [4.78, 5) is 37.7. The van der Waals surface area contributed by atoms with Gasteiger partial charge in [-0.1, -0.05) is 48.0 Å². The number of carbonyl (C=O) groups excluding carboxylic acids is 2. The van der Waals surface area contributed by atoms with Crippen LogP contribution in [-0.2, 0) is 11.3 Å². The molecule has 2 aromatic carbocycles. The van der Waals surface area contributed by atoms with Crippen LogP contribution in [0.5, 0.6) is 0 Å². The van der Waals surface area contributed by atoms with Crippen LogP contribution in [0.4, 0.5) is 0 Å². The molecule has 3 rings (SSSR count). The Bertz CT molecular complexity index is 1090. The minimum absolute atomic E-state index is 0.0538. The van der Waals surface area contributed by atoms with E-state index in [1.165, 1.54) is 6.92 Å². The number of fused-ring (bicyclic) bond motifs is 1. The average Bonchev–Trinajstić information content (AvgIpc) is 2.70. The smallest absolute Gasteiger partial charge is 0.360 e. The Morgan fingerprint density at radius 1 is 1.11 bits per heavy atom. The SMILES string of the molecule is Cc1ccc(C(=O)[C@@H](C)OC(=O)c2nn(CCO)c(=O)c3ccccc23)cc1. The second kappa shape index (κ2) is 8.14. The molecule has 28 heavy (non-hydrogen) atoms. The molecule has 0 fully saturated rings. The highest BCUT2D eigenvalue weighted by molar-refractivity contribution is 6.05. The van der Waals surface area contributed by atoms with Gasteiger partial charge in [0, 0.05) is 10.9 Å². The zero-order chi connectivity index (χ0) is 20.3. The first kappa shape index (κ1) is 19.4. The van der Waals surface area contributed by atoms with Gasteiger partial charge in [0.2, 0.25) is 5.78 Å². The highest BCUT2D eigenvalue weighted by Crippen LogP contribution is 2.16. The Balaban J connectivity index is 1.92. The van der Waals surface area contributed by atoms with E-state index >= 15 is 0 Å². The van der Waals surface area contributed by atoms with E-state index in [1.807, 2.05) is 19.1 Å². The molecule has 0 unspecified atom stereocenters. The normalized spacial score (nSPS) is 12.0. The van der Waals surface area contributed by atoms with Crippen molar-refractivity contribution >= 4 is 22.5 Å². The Morgan fingerprint density at radius 3 is 2.39 bits per heavy atom. The highest BCUT2D eigenvalue weighted by Gasteiger charge is 2.24. The highest BCUT2D eigenvalue weighted by atomic mass is 16.5. The van der Waals surface area contributed by atoms with Gasteiger partial charge < -0.3 is 9.84 Å². The fraction of sp³-hybridized carbons (Fsp3) is 0.238. The molecule has 7 heteroatoms. The summed E-state index contributed by atoms with van der Waals surface area (Å²) < 4.78 is 6.35. The number of nitrogens with zero attached hydrogens (tertiary/aromatic N) is 2. The number of aromatic nitrogens is 2. The second-order valence-electron chi connectivity index (χ2n) is 6.42. The molecule has 0 aliphatic heterocycles. The van der Waals surface area contributed by atoms with Crippen LogP contribution >= 0.6 is 0 Å². The first-order chi connectivity index (χ1) is 13.4. The maximum absolute atomic E-state index is 12.7. The number of aliphatic hydroxyl groups is 1. The third-order valence-corrected chi connectivity index (χ3v) is 4.36. The van der Waals surface area contributed by atoms with Crippen LogP contribution in [0.3, 0.4) is 0 Å². The van der Waals surface area contributed by atoms with Crippen molar-refractivity contribution < 1.29 is 19.4 Å². The molecule has 144 valence electrons. The van der Waals surface area contributed by atoms with Crippen molar-refractivity contribution in [2.45, 2.75) is 26.5 Å². The van der Waals surface area contributed by atoms with Gasteiger partial charge in [-0.25, -0.2) is 9.48 Å². The topological polar surface area (TPSA) is 98.5 Å². The number of Topliss-reactive ketones (excluding diaryl/α,β-unsaturated/α-hetero) is 1. The minimum Gasteiger partial charge on any atom is -0.449 e. The van der Waals surface area contributed by atoms with Gasteiger partial charge in [0.15, 0.2) is 11.8 Å². The molecule has 0 saturated carbocycles. The standard InChI is InChI=1S/C21H20N2O5/c1-13-7-9-15(10-8-13)19(25)14(2)28-21(27)18-16-5-3-4-6-17(16)20(26)23(22-18)11-12-24/h3-10,14,24H,11-12H2,1-2H3/t14-/m1/s1. The number of esters is 1. The van der Waals surface area contributed by atoms with Gasteiger partial charge >= 0.3 is 5.97 Å². The van der Waals surface area contributed by atoms with E-state index in [-0.39, 0.29) is 30.0 Å². The summed E-state index contributed by atoms with van der Waals surface area (Å²) in [5.74, 6) is -1.14. The lowest BCUT2D eigenvalue weighted by molar-refractivity contribution is 0.0312. The number of benzene rings is 2. The fourth-order valence-electron chi connectivity index (χ4n) is 2.85. The van der Waals surface area contributed by atoms with Gasteiger partial charge in [-0.15, -0.1) is 0 Å². The number of hydrogen-bond acceptors (Lipinski definition) is 6. The molecule has 1 heterocycles. The van der Waals surface area contributed by atoms with Gasteiger partial charge in [-0.2, -0.15) is 5.10 Å². The van der Waals surface area contributed by atoms with Crippen molar-refractivity contribution in [3.63, 3.8) is 0 Å². The number of ketones is 1. The molecule has 3 aromatic rings. The van der Waals surface area contributed by atoms with Crippen LogP contribution in [0, 0.1) is 6.92 Å². The number of aryl methyl sites for hydroxylation is 1. The Hall–Kier alpha value is -3.32. The Labute approximate surface area is 161 Å². The zero-order valence-electron chi connectivity index (χ0n) is 15.6. The van der Waals surface area contributed by atoms with E-state index < -0.39 is 17.6 Å². The van der Waals surface area contributed by atoms with E-state index in [0.29, 0.717) is 10.9 Å². The maximum Gasteiger partial charge on any atom is 0.360 e. The molecule has 0 aliphatic rings. The molecule has 0 aliphatic carbocycles. The van der Waals surface area contributed by atoms with Crippen molar-refractivity contribution in [1.82, 2.24) is 9.78 Å². The molecular formula is C21H20N2O5. The molecule has 0 radical (unpaired) electrons. The summed E-state index contributed by atoms with van der Waals surface area (Å²) >= 11 is 0. The van der Waals surface area contributed by atoms with Crippen molar-refractivity contribution in [2.75, 3.05) is 6.61 Å². The predicted octanol–water partition coefficient (Wildman–Crippen LogP) is 2.13. The molecule has 7 nitrogen and oxygen atoms in total. The van der Waals surface area contributed by atoms with Crippen LogP contribution in [0.2, 0.25) is 0 Å². The zero-order valence-corrected chi connectivity index (χ0v) is 15.6. The van der Waals surface area contributed by atoms with E-state index in [4.69, 9.17) is 9.84 Å². The lowest BCUT2D eigenvalue weighted by atomic mass is 10.1. The van der Waals surface area contributed by atoms with Crippen LogP contribution in [0.15, 0.2) is 53.3 Å². The lowest BCUT2D eigenvalue weighted by Gasteiger charge is -2.14. The number of rotatable bonds is 6. The predicted molar refractivity (Wildman–Crippen MR) is 103 cm³/mol. The maximum atomic E-state index is 12.7. The Morgan fingerprint density at radius 2 is 1.75 bits per heavy atom. The summed E-state index contributed by atoms with van der Waals surface area (Å²) in [6.45, 7) is 3.05. The summed E-state index contributed by atoms with van der Waals surface area (Å²) in [6, 6.07) is 13.5. The molecular weight excluding hydrogens is 360 g/mol. The van der Waals surface area contributed by atoms with Crippen LogP contribution in [0.1, 0.15) is 33.3 Å². The van der Waals surface area contributed by atoms with Crippen molar-refractivity contribution in [1.29, 1.82) is 0 Å². The number of ether oxygens (including phenoxy) is 1. The summed E-state index contributed by atoms with van der Waals surface area (Å²) in [5.41, 5.74) is 0.967. The van der Waals surface area contributed by atoms with Gasteiger partial charge in [0.1, 0.15) is 0 Å². The van der Waals surface area contributed by atoms with Gasteiger partial charge in [0.25, 0.3) is 5.56 Å². The fourth-order valence-corrected chi connectivity index (χ4v) is 2.85. The molecule has 1 aromatic heterocycles. The molecule has 1 atom stereocenters. The van der Waals surface area contributed by atoms with Gasteiger partial charge in [-0.05, 0) is 19.9 Å². The molecule has 0 bridgehead atoms. The van der Waals surface area contributed by atoms with E-state index in [1.54, 1.807) is 36.4 Å².